The van der Waals surface area contributed by atoms with Crippen molar-refractivity contribution in [2.24, 2.45) is 0 Å². The van der Waals surface area contributed by atoms with E-state index in [0.717, 1.165) is 28.8 Å². The van der Waals surface area contributed by atoms with Gasteiger partial charge in [-0.1, -0.05) is 6.92 Å². The van der Waals surface area contributed by atoms with Crippen LogP contribution < -0.4 is 5.73 Å². The van der Waals surface area contributed by atoms with Gasteiger partial charge in [-0.15, -0.1) is 0 Å². The third-order valence-corrected chi connectivity index (χ3v) is 4.06. The third kappa shape index (κ3) is 2.36. The van der Waals surface area contributed by atoms with Gasteiger partial charge in [-0.2, -0.15) is 5.10 Å². The molecule has 1 aliphatic rings. The minimum Gasteiger partial charge on any atom is -0.383 e. The molecule has 19 heavy (non-hydrogen) atoms. The molecule has 0 aliphatic heterocycles. The summed E-state index contributed by atoms with van der Waals surface area (Å²) in [6, 6.07) is 1.94. The predicted octanol–water partition coefficient (Wildman–Crippen LogP) is 2.97. The second-order valence-electron chi connectivity index (χ2n) is 4.85. The van der Waals surface area contributed by atoms with E-state index in [1.807, 2.05) is 10.7 Å². The maximum absolute atomic E-state index is 5.99. The molecule has 5 nitrogen and oxygen atoms in total. The van der Waals surface area contributed by atoms with Gasteiger partial charge in [0.25, 0.3) is 0 Å². The van der Waals surface area contributed by atoms with Crippen molar-refractivity contribution in [3.05, 3.63) is 22.4 Å². The lowest BCUT2D eigenvalue weighted by molar-refractivity contribution is 0.606. The molecule has 1 fully saturated rings. The molecule has 100 valence electrons. The summed E-state index contributed by atoms with van der Waals surface area (Å²) in [6.07, 6.45) is 5.17. The van der Waals surface area contributed by atoms with Crippen LogP contribution in [0.5, 0.6) is 0 Å². The van der Waals surface area contributed by atoms with Gasteiger partial charge in [0.15, 0.2) is 5.82 Å². The molecule has 0 spiro atoms. The van der Waals surface area contributed by atoms with Crippen molar-refractivity contribution < 1.29 is 0 Å². The Labute approximate surface area is 120 Å². The minimum atomic E-state index is 0.510. The van der Waals surface area contributed by atoms with Gasteiger partial charge in [0.05, 0.1) is 10.2 Å². The normalized spacial score (nSPS) is 14.8. The smallest absolute Gasteiger partial charge is 0.180 e. The number of nitrogens with zero attached hydrogens (tertiary/aromatic N) is 4. The number of nitrogens with two attached hydrogens (primary N) is 1. The molecule has 0 radical (unpaired) electrons. The van der Waals surface area contributed by atoms with Crippen molar-refractivity contribution in [2.45, 2.75) is 38.6 Å². The summed E-state index contributed by atoms with van der Waals surface area (Å²) >= 11 is 3.50. The van der Waals surface area contributed by atoms with Crippen molar-refractivity contribution in [3.63, 3.8) is 0 Å². The van der Waals surface area contributed by atoms with Crippen LogP contribution in [-0.4, -0.2) is 19.7 Å². The van der Waals surface area contributed by atoms with Gasteiger partial charge in [-0.25, -0.2) is 9.97 Å². The van der Waals surface area contributed by atoms with Crippen molar-refractivity contribution in [2.75, 3.05) is 5.73 Å². The number of nitrogen functional groups attached to an aromatic ring is 1. The van der Waals surface area contributed by atoms with E-state index in [9.17, 15) is 0 Å². The number of hydrogen-bond acceptors (Lipinski definition) is 4. The molecule has 0 amide bonds. The Morgan fingerprint density at radius 2 is 2.21 bits per heavy atom. The first-order valence-corrected chi connectivity index (χ1v) is 7.35. The van der Waals surface area contributed by atoms with Crippen LogP contribution in [0.2, 0.25) is 0 Å². The summed E-state index contributed by atoms with van der Waals surface area (Å²) in [5, 5.41) is 4.31. The van der Waals surface area contributed by atoms with Gasteiger partial charge in [0, 0.05) is 18.7 Å². The molecule has 0 saturated heterocycles. The number of aromatic nitrogens is 4. The highest BCUT2D eigenvalue weighted by Crippen LogP contribution is 2.43. The lowest BCUT2D eigenvalue weighted by atomic mass is 10.2. The number of halogens is 1. The molecule has 2 N–H and O–H groups in total. The Balaban J connectivity index is 2.07. The fraction of sp³-hybridized carbons (Fsp3) is 0.462. The van der Waals surface area contributed by atoms with Crippen LogP contribution in [0.4, 0.5) is 5.82 Å². The van der Waals surface area contributed by atoms with E-state index >= 15 is 0 Å². The number of aryl methyl sites for hydroxylation is 1. The van der Waals surface area contributed by atoms with Crippen LogP contribution in [0.25, 0.3) is 11.5 Å². The minimum absolute atomic E-state index is 0.510. The molecule has 0 atom stereocenters. The molecule has 3 rings (SSSR count). The maximum atomic E-state index is 5.99. The largest absolute Gasteiger partial charge is 0.383 e. The predicted molar refractivity (Wildman–Crippen MR) is 77.6 cm³/mol. The van der Waals surface area contributed by atoms with Crippen molar-refractivity contribution in [1.29, 1.82) is 0 Å². The molecular weight excluding hydrogens is 306 g/mol. The van der Waals surface area contributed by atoms with Crippen molar-refractivity contribution >= 4 is 21.7 Å². The van der Waals surface area contributed by atoms with Crippen LogP contribution in [0.3, 0.4) is 0 Å². The summed E-state index contributed by atoms with van der Waals surface area (Å²) in [5.41, 5.74) is 7.96. The molecule has 6 heteroatoms. The Morgan fingerprint density at radius 3 is 2.89 bits per heavy atom. The molecule has 1 saturated carbocycles. The molecule has 2 heterocycles. The topological polar surface area (TPSA) is 69.6 Å². The summed E-state index contributed by atoms with van der Waals surface area (Å²) in [7, 11) is 0. The van der Waals surface area contributed by atoms with Gasteiger partial charge >= 0.3 is 0 Å². The molecular formula is C13H16BrN5. The zero-order valence-electron chi connectivity index (χ0n) is 10.8. The van der Waals surface area contributed by atoms with Crippen molar-refractivity contribution in [1.82, 2.24) is 19.7 Å². The number of anilines is 1. The Hall–Kier alpha value is -1.43. The second kappa shape index (κ2) is 4.92. The Bertz CT molecular complexity index is 603. The summed E-state index contributed by atoms with van der Waals surface area (Å²) in [6.45, 7) is 2.98. The highest BCUT2D eigenvalue weighted by Gasteiger charge is 2.29. The lowest BCUT2D eigenvalue weighted by Crippen LogP contribution is -2.07. The summed E-state index contributed by atoms with van der Waals surface area (Å²) in [5.74, 6) is 1.71. The third-order valence-electron chi connectivity index (χ3n) is 3.25. The van der Waals surface area contributed by atoms with E-state index in [1.165, 1.54) is 12.8 Å². The molecule has 1 aliphatic carbocycles. The Kier molecular flexibility index (Phi) is 3.26. The van der Waals surface area contributed by atoms with Crippen LogP contribution in [0.1, 0.15) is 37.8 Å². The number of hydrogen-bond donors (Lipinski definition) is 1. The van der Waals surface area contributed by atoms with E-state index in [1.54, 1.807) is 6.20 Å². The van der Waals surface area contributed by atoms with E-state index in [2.05, 4.69) is 37.9 Å². The van der Waals surface area contributed by atoms with Crippen LogP contribution >= 0.6 is 15.9 Å². The monoisotopic (exact) mass is 321 g/mol. The molecule has 0 bridgehead atoms. The van der Waals surface area contributed by atoms with Crippen LogP contribution in [-0.2, 0) is 6.54 Å². The first kappa shape index (κ1) is 12.6. The van der Waals surface area contributed by atoms with Gasteiger partial charge in [0.2, 0.25) is 0 Å². The van der Waals surface area contributed by atoms with Gasteiger partial charge in [0.1, 0.15) is 11.5 Å². The molecule has 0 unspecified atom stereocenters. The van der Waals surface area contributed by atoms with Crippen LogP contribution in [0.15, 0.2) is 16.7 Å². The van der Waals surface area contributed by atoms with E-state index in [4.69, 9.17) is 5.73 Å². The molecule has 0 aromatic carbocycles. The fourth-order valence-corrected chi connectivity index (χ4v) is 2.64. The first-order chi connectivity index (χ1) is 9.20. The summed E-state index contributed by atoms with van der Waals surface area (Å²) < 4.78 is 2.78. The standard InChI is InChI=1S/C13H16BrN5/c1-2-7-19-9(5-6-16-19)13-17-11(8-3-4-8)10(14)12(15)18-13/h5-6,8H,2-4,7H2,1H3,(H2,15,17,18). The average molecular weight is 322 g/mol. The fourth-order valence-electron chi connectivity index (χ4n) is 2.14. The average Bonchev–Trinajstić information content (AvgIpc) is 3.13. The first-order valence-electron chi connectivity index (χ1n) is 6.55. The SMILES string of the molecule is CCCn1nccc1-c1nc(N)c(Br)c(C2CC2)n1. The Morgan fingerprint density at radius 1 is 1.42 bits per heavy atom. The zero-order valence-corrected chi connectivity index (χ0v) is 12.4. The zero-order chi connectivity index (χ0) is 13.4. The molecule has 2 aromatic heterocycles. The lowest BCUT2D eigenvalue weighted by Gasteiger charge is -2.09. The quantitative estimate of drug-likeness (QED) is 0.939. The summed E-state index contributed by atoms with van der Waals surface area (Å²) in [4.78, 5) is 9.07. The molecule has 2 aromatic rings. The van der Waals surface area contributed by atoms with E-state index in [0.29, 0.717) is 17.6 Å². The van der Waals surface area contributed by atoms with Gasteiger partial charge in [-0.05, 0) is 41.3 Å². The number of rotatable bonds is 4. The van der Waals surface area contributed by atoms with Gasteiger partial charge in [-0.3, -0.25) is 4.68 Å². The van der Waals surface area contributed by atoms with Crippen molar-refractivity contribution in [3.8, 4) is 11.5 Å². The highest BCUT2D eigenvalue weighted by molar-refractivity contribution is 9.10. The highest BCUT2D eigenvalue weighted by atomic mass is 79.9. The maximum Gasteiger partial charge on any atom is 0.180 e. The van der Waals surface area contributed by atoms with Gasteiger partial charge < -0.3 is 5.73 Å². The second-order valence-corrected chi connectivity index (χ2v) is 5.64. The van der Waals surface area contributed by atoms with E-state index in [-0.39, 0.29) is 0 Å². The van der Waals surface area contributed by atoms with E-state index < -0.39 is 0 Å². The van der Waals surface area contributed by atoms with Crippen LogP contribution in [0, 0.1) is 0 Å².